The van der Waals surface area contributed by atoms with Crippen LogP contribution in [0.25, 0.3) is 11.1 Å². The molecular formula is C28H32ClFN4O4. The average molecular weight is 543 g/mol. The summed E-state index contributed by atoms with van der Waals surface area (Å²) in [5.41, 5.74) is 2.38. The number of ketones is 1. The number of rotatable bonds is 12. The molecule has 0 bridgehead atoms. The van der Waals surface area contributed by atoms with Crippen LogP contribution in [-0.4, -0.2) is 71.5 Å². The number of benzene rings is 2. The Morgan fingerprint density at radius 3 is 2.63 bits per heavy atom. The molecule has 0 unspecified atom stereocenters. The van der Waals surface area contributed by atoms with Crippen LogP contribution in [0, 0.1) is 17.7 Å². The van der Waals surface area contributed by atoms with Crippen LogP contribution in [0.2, 0.25) is 5.02 Å². The van der Waals surface area contributed by atoms with E-state index in [0.29, 0.717) is 55.4 Å². The van der Waals surface area contributed by atoms with Crippen molar-refractivity contribution < 1.29 is 23.5 Å². The van der Waals surface area contributed by atoms with Crippen molar-refractivity contribution in [2.24, 2.45) is 11.8 Å². The van der Waals surface area contributed by atoms with Gasteiger partial charge in [-0.1, -0.05) is 35.9 Å². The maximum Gasteiger partial charge on any atom is 0.310 e. The molecule has 2 aromatic carbocycles. The number of Topliss-reactive ketones (excluding diaryl/α,β-unsaturated/α-hetero) is 1. The van der Waals surface area contributed by atoms with Gasteiger partial charge in [-0.3, -0.25) is 14.5 Å². The zero-order valence-corrected chi connectivity index (χ0v) is 22.1. The topological polar surface area (TPSA) is 97.4 Å². The summed E-state index contributed by atoms with van der Waals surface area (Å²) in [4.78, 5) is 28.1. The third-order valence-electron chi connectivity index (χ3n) is 6.71. The van der Waals surface area contributed by atoms with E-state index in [1.165, 1.54) is 18.3 Å². The van der Waals surface area contributed by atoms with Gasteiger partial charge in [0.15, 0.2) is 5.78 Å². The molecule has 1 aliphatic heterocycles. The molecule has 1 aliphatic rings. The summed E-state index contributed by atoms with van der Waals surface area (Å²) < 4.78 is 25.2. The lowest BCUT2D eigenvalue weighted by molar-refractivity contribution is -0.149. The van der Waals surface area contributed by atoms with Gasteiger partial charge in [-0.25, -0.2) is 4.39 Å². The number of aromatic amines is 1. The predicted molar refractivity (Wildman–Crippen MR) is 141 cm³/mol. The van der Waals surface area contributed by atoms with E-state index in [2.05, 4.69) is 20.3 Å². The zero-order chi connectivity index (χ0) is 26.9. The Hall–Kier alpha value is -3.14. The fraction of sp³-hybridized carbons (Fsp3) is 0.429. The normalized spacial score (nSPS) is 15.7. The van der Waals surface area contributed by atoms with E-state index in [9.17, 15) is 14.0 Å². The Bertz CT molecular complexity index is 1200. The van der Waals surface area contributed by atoms with Gasteiger partial charge in [0, 0.05) is 36.6 Å². The monoisotopic (exact) mass is 542 g/mol. The molecule has 8 nitrogen and oxygen atoms in total. The standard InChI is InChI=1S/C28H32ClFN4O4/c1-2-38-28(36)22(18-34-9-11-37-12-10-34)14-20(15-27(35)26-17-31-33-32-26)13-19-3-5-21(6-4-19)24-16-23(29)7-8-25(24)30/h3-8,16-17,20,22H,2,9-15,18H2,1H3,(H,31,32,33)/t20-,22+/m1/s1. The molecule has 10 heteroatoms. The SMILES string of the molecule is CCOC(=O)[C@@H](C[C@H](CC(=O)c1cn[nH]n1)Cc1ccc(-c2cc(Cl)ccc2F)cc1)CN1CCOCC1. The Morgan fingerprint density at radius 2 is 1.95 bits per heavy atom. The van der Waals surface area contributed by atoms with E-state index in [0.717, 1.165) is 18.7 Å². The van der Waals surface area contributed by atoms with Gasteiger partial charge in [-0.2, -0.15) is 15.4 Å². The number of morpholine rings is 1. The Kier molecular flexibility index (Phi) is 9.98. The molecule has 1 fully saturated rings. The molecule has 0 radical (unpaired) electrons. The summed E-state index contributed by atoms with van der Waals surface area (Å²) in [5.74, 6) is -1.29. The number of halogens is 2. The van der Waals surface area contributed by atoms with Crippen molar-refractivity contribution in [1.82, 2.24) is 20.3 Å². The highest BCUT2D eigenvalue weighted by atomic mass is 35.5. The number of hydrogen-bond donors (Lipinski definition) is 1. The summed E-state index contributed by atoms with van der Waals surface area (Å²) >= 11 is 6.07. The third-order valence-corrected chi connectivity index (χ3v) is 6.95. The second kappa shape index (κ2) is 13.6. The van der Waals surface area contributed by atoms with E-state index in [-0.39, 0.29) is 41.5 Å². The molecule has 4 rings (SSSR count). The van der Waals surface area contributed by atoms with E-state index in [4.69, 9.17) is 21.1 Å². The number of carbonyl (C=O) groups is 2. The maximum absolute atomic E-state index is 14.4. The number of nitrogens with zero attached hydrogens (tertiary/aromatic N) is 3. The quantitative estimate of drug-likeness (QED) is 0.264. The van der Waals surface area contributed by atoms with Crippen LogP contribution in [0.4, 0.5) is 4.39 Å². The molecule has 0 saturated carbocycles. The van der Waals surface area contributed by atoms with Crippen molar-refractivity contribution in [1.29, 1.82) is 0 Å². The molecule has 1 N–H and O–H groups in total. The molecule has 1 aromatic heterocycles. The molecule has 0 spiro atoms. The summed E-state index contributed by atoms with van der Waals surface area (Å²) in [6.07, 6.45) is 2.64. The number of hydrogen-bond acceptors (Lipinski definition) is 7. The smallest absolute Gasteiger partial charge is 0.310 e. The van der Waals surface area contributed by atoms with Gasteiger partial charge in [-0.05, 0) is 55.0 Å². The third kappa shape index (κ3) is 7.69. The molecule has 1 saturated heterocycles. The minimum Gasteiger partial charge on any atom is -0.466 e. The highest BCUT2D eigenvalue weighted by molar-refractivity contribution is 6.30. The second-order valence-corrected chi connectivity index (χ2v) is 9.91. The zero-order valence-electron chi connectivity index (χ0n) is 21.4. The van der Waals surface area contributed by atoms with Crippen molar-refractivity contribution in [2.45, 2.75) is 26.2 Å². The first-order valence-corrected chi connectivity index (χ1v) is 13.2. The number of carbonyl (C=O) groups excluding carboxylic acids is 2. The first kappa shape index (κ1) is 27.9. The molecule has 2 heterocycles. The minimum absolute atomic E-state index is 0.143. The fourth-order valence-corrected chi connectivity index (χ4v) is 4.99. The summed E-state index contributed by atoms with van der Waals surface area (Å²) in [6, 6.07) is 12.0. The van der Waals surface area contributed by atoms with Gasteiger partial charge >= 0.3 is 5.97 Å². The summed E-state index contributed by atoms with van der Waals surface area (Å²) in [6.45, 7) is 5.39. The van der Waals surface area contributed by atoms with Crippen LogP contribution in [0.1, 0.15) is 35.8 Å². The van der Waals surface area contributed by atoms with E-state index >= 15 is 0 Å². The highest BCUT2D eigenvalue weighted by Crippen LogP contribution is 2.29. The van der Waals surface area contributed by atoms with Crippen molar-refractivity contribution in [3.05, 3.63) is 70.8 Å². The number of ether oxygens (including phenoxy) is 2. The van der Waals surface area contributed by atoms with Crippen LogP contribution < -0.4 is 0 Å². The van der Waals surface area contributed by atoms with Gasteiger partial charge in [0.05, 0.1) is 31.9 Å². The van der Waals surface area contributed by atoms with Crippen LogP contribution in [-0.2, 0) is 20.7 Å². The lowest BCUT2D eigenvalue weighted by Gasteiger charge is -2.31. The van der Waals surface area contributed by atoms with Crippen LogP contribution in [0.3, 0.4) is 0 Å². The molecule has 202 valence electrons. The lowest BCUT2D eigenvalue weighted by atomic mass is 9.85. The summed E-state index contributed by atoms with van der Waals surface area (Å²) in [7, 11) is 0. The van der Waals surface area contributed by atoms with E-state index < -0.39 is 0 Å². The molecule has 0 aliphatic carbocycles. The lowest BCUT2D eigenvalue weighted by Crippen LogP contribution is -2.42. The van der Waals surface area contributed by atoms with E-state index in [1.807, 2.05) is 24.3 Å². The number of esters is 1. The molecule has 38 heavy (non-hydrogen) atoms. The van der Waals surface area contributed by atoms with Gasteiger partial charge < -0.3 is 9.47 Å². The van der Waals surface area contributed by atoms with Crippen LogP contribution in [0.5, 0.6) is 0 Å². The highest BCUT2D eigenvalue weighted by Gasteiger charge is 2.29. The van der Waals surface area contributed by atoms with E-state index in [1.54, 1.807) is 13.0 Å². The van der Waals surface area contributed by atoms with Gasteiger partial charge in [0.2, 0.25) is 0 Å². The van der Waals surface area contributed by atoms with Crippen molar-refractivity contribution in [3.8, 4) is 11.1 Å². The maximum atomic E-state index is 14.4. The fourth-order valence-electron chi connectivity index (χ4n) is 4.82. The van der Waals surface area contributed by atoms with Gasteiger partial charge in [-0.15, -0.1) is 0 Å². The number of nitrogens with one attached hydrogen (secondary N) is 1. The minimum atomic E-state index is -0.386. The predicted octanol–water partition coefficient (Wildman–Crippen LogP) is 4.60. The molecule has 0 amide bonds. The first-order chi connectivity index (χ1) is 18.4. The molecule has 2 atom stereocenters. The van der Waals surface area contributed by atoms with Crippen LogP contribution >= 0.6 is 11.6 Å². The van der Waals surface area contributed by atoms with Crippen LogP contribution in [0.15, 0.2) is 48.7 Å². The Balaban J connectivity index is 1.53. The summed E-state index contributed by atoms with van der Waals surface area (Å²) in [5, 5.41) is 10.6. The first-order valence-electron chi connectivity index (χ1n) is 12.8. The Labute approximate surface area is 226 Å². The number of H-pyrrole nitrogens is 1. The average Bonchev–Trinajstić information content (AvgIpc) is 3.46. The van der Waals surface area contributed by atoms with Crippen molar-refractivity contribution >= 4 is 23.4 Å². The van der Waals surface area contributed by atoms with Gasteiger partial charge in [0.1, 0.15) is 11.5 Å². The number of aromatic nitrogens is 3. The molecule has 3 aromatic rings. The Morgan fingerprint density at radius 1 is 1.18 bits per heavy atom. The second-order valence-electron chi connectivity index (χ2n) is 9.47. The largest absolute Gasteiger partial charge is 0.466 e. The van der Waals surface area contributed by atoms with Gasteiger partial charge in [0.25, 0.3) is 0 Å². The van der Waals surface area contributed by atoms with Crippen molar-refractivity contribution in [3.63, 3.8) is 0 Å². The molecular weight excluding hydrogens is 511 g/mol. The van der Waals surface area contributed by atoms with Crippen molar-refractivity contribution in [2.75, 3.05) is 39.5 Å².